The lowest BCUT2D eigenvalue weighted by Crippen LogP contribution is -2.02. The smallest absolute Gasteiger partial charge is 0.221 e. The number of anilines is 1. The Balaban J connectivity index is 1.69. The second-order valence-corrected chi connectivity index (χ2v) is 5.82. The summed E-state index contributed by atoms with van der Waals surface area (Å²) in [5.74, 6) is 1.90. The Hall–Kier alpha value is -2.17. The summed E-state index contributed by atoms with van der Waals surface area (Å²) in [6.07, 6.45) is 0. The predicted octanol–water partition coefficient (Wildman–Crippen LogP) is 5.43. The Kier molecular flexibility index (Phi) is 5.05. The van der Waals surface area contributed by atoms with Gasteiger partial charge in [0.2, 0.25) is 5.88 Å². The molecule has 2 aromatic carbocycles. The first-order valence-electron chi connectivity index (χ1n) is 7.12. The standard InChI is InChI=1S/C18H15ClN2OS/c19-14-6-3-7-15(11-14)22-18-10-4-9-17(21-18)20-12-13-5-1-2-8-16(13)23/h1-11,23H,12H2,(H,20,21). The minimum atomic E-state index is 0.511. The molecule has 116 valence electrons. The molecule has 0 atom stereocenters. The zero-order chi connectivity index (χ0) is 16.1. The van der Waals surface area contributed by atoms with Crippen LogP contribution in [-0.2, 0) is 6.54 Å². The molecule has 0 fully saturated rings. The van der Waals surface area contributed by atoms with E-state index in [1.165, 1.54) is 0 Å². The van der Waals surface area contributed by atoms with Gasteiger partial charge in [-0.25, -0.2) is 0 Å². The van der Waals surface area contributed by atoms with Crippen molar-refractivity contribution < 1.29 is 4.74 Å². The largest absolute Gasteiger partial charge is 0.439 e. The van der Waals surface area contributed by atoms with E-state index >= 15 is 0 Å². The summed E-state index contributed by atoms with van der Waals surface area (Å²) in [6, 6.07) is 20.8. The van der Waals surface area contributed by atoms with Crippen molar-refractivity contribution in [3.63, 3.8) is 0 Å². The molecule has 0 saturated heterocycles. The highest BCUT2D eigenvalue weighted by Gasteiger charge is 2.03. The fourth-order valence-electron chi connectivity index (χ4n) is 2.07. The number of thiol groups is 1. The first kappa shape index (κ1) is 15.7. The van der Waals surface area contributed by atoms with Gasteiger partial charge in [-0.15, -0.1) is 12.6 Å². The zero-order valence-corrected chi connectivity index (χ0v) is 13.9. The maximum Gasteiger partial charge on any atom is 0.221 e. The maximum absolute atomic E-state index is 5.95. The average molecular weight is 343 g/mol. The number of halogens is 1. The van der Waals surface area contributed by atoms with Crippen LogP contribution in [0.3, 0.4) is 0 Å². The topological polar surface area (TPSA) is 34.1 Å². The highest BCUT2D eigenvalue weighted by Crippen LogP contribution is 2.24. The van der Waals surface area contributed by atoms with Crippen molar-refractivity contribution in [2.24, 2.45) is 0 Å². The van der Waals surface area contributed by atoms with Crippen molar-refractivity contribution in [2.75, 3.05) is 5.32 Å². The number of ether oxygens (including phenoxy) is 1. The predicted molar refractivity (Wildman–Crippen MR) is 96.8 cm³/mol. The highest BCUT2D eigenvalue weighted by molar-refractivity contribution is 7.80. The van der Waals surface area contributed by atoms with Gasteiger partial charge in [-0.2, -0.15) is 4.98 Å². The first-order valence-corrected chi connectivity index (χ1v) is 7.94. The molecule has 5 heteroatoms. The van der Waals surface area contributed by atoms with Gasteiger partial charge >= 0.3 is 0 Å². The van der Waals surface area contributed by atoms with Crippen LogP contribution in [0.25, 0.3) is 0 Å². The van der Waals surface area contributed by atoms with E-state index in [0.29, 0.717) is 23.2 Å². The lowest BCUT2D eigenvalue weighted by atomic mass is 10.2. The van der Waals surface area contributed by atoms with Gasteiger partial charge in [0.05, 0.1) is 0 Å². The van der Waals surface area contributed by atoms with E-state index in [0.717, 1.165) is 16.3 Å². The molecule has 0 amide bonds. The zero-order valence-electron chi connectivity index (χ0n) is 12.2. The van der Waals surface area contributed by atoms with E-state index in [1.807, 2.05) is 48.5 Å². The summed E-state index contributed by atoms with van der Waals surface area (Å²) in [7, 11) is 0. The normalized spacial score (nSPS) is 10.3. The minimum Gasteiger partial charge on any atom is -0.439 e. The molecule has 1 heterocycles. The molecule has 0 spiro atoms. The second kappa shape index (κ2) is 7.40. The van der Waals surface area contributed by atoms with Gasteiger partial charge in [0.1, 0.15) is 11.6 Å². The third-order valence-electron chi connectivity index (χ3n) is 3.19. The Labute approximate surface area is 145 Å². The lowest BCUT2D eigenvalue weighted by Gasteiger charge is -2.10. The molecule has 0 aliphatic carbocycles. The van der Waals surface area contributed by atoms with Crippen LogP contribution < -0.4 is 10.1 Å². The highest BCUT2D eigenvalue weighted by atomic mass is 35.5. The summed E-state index contributed by atoms with van der Waals surface area (Å²) >= 11 is 10.4. The molecule has 0 saturated carbocycles. The summed E-state index contributed by atoms with van der Waals surface area (Å²) < 4.78 is 5.72. The number of pyridine rings is 1. The van der Waals surface area contributed by atoms with Gasteiger partial charge in [-0.3, -0.25) is 0 Å². The van der Waals surface area contributed by atoms with Crippen molar-refractivity contribution in [3.8, 4) is 11.6 Å². The van der Waals surface area contributed by atoms with Crippen molar-refractivity contribution in [1.29, 1.82) is 0 Å². The van der Waals surface area contributed by atoms with Crippen molar-refractivity contribution in [2.45, 2.75) is 11.4 Å². The van der Waals surface area contributed by atoms with Gasteiger partial charge in [-0.1, -0.05) is 41.9 Å². The van der Waals surface area contributed by atoms with Crippen LogP contribution in [0.15, 0.2) is 71.6 Å². The molecule has 0 aliphatic rings. The third-order valence-corrected chi connectivity index (χ3v) is 3.86. The molecule has 0 aliphatic heterocycles. The van der Waals surface area contributed by atoms with E-state index in [4.69, 9.17) is 16.3 Å². The van der Waals surface area contributed by atoms with Crippen LogP contribution in [0.1, 0.15) is 5.56 Å². The van der Waals surface area contributed by atoms with E-state index in [-0.39, 0.29) is 0 Å². The van der Waals surface area contributed by atoms with Crippen molar-refractivity contribution in [1.82, 2.24) is 4.98 Å². The lowest BCUT2D eigenvalue weighted by molar-refractivity contribution is 0.463. The summed E-state index contributed by atoms with van der Waals surface area (Å²) in [5.41, 5.74) is 1.11. The molecule has 1 aromatic heterocycles. The molecule has 3 rings (SSSR count). The number of hydrogen-bond donors (Lipinski definition) is 2. The molecule has 1 N–H and O–H groups in total. The van der Waals surface area contributed by atoms with Crippen molar-refractivity contribution in [3.05, 3.63) is 77.3 Å². The van der Waals surface area contributed by atoms with Gasteiger partial charge in [-0.05, 0) is 35.9 Å². The Bertz CT molecular complexity index is 810. The summed E-state index contributed by atoms with van der Waals surface area (Å²) in [6.45, 7) is 0.646. The molecular formula is C18H15ClN2OS. The number of aromatic nitrogens is 1. The SMILES string of the molecule is Sc1ccccc1CNc1cccc(Oc2cccc(Cl)c2)n1. The number of rotatable bonds is 5. The van der Waals surface area contributed by atoms with Crippen LogP contribution in [0.5, 0.6) is 11.6 Å². The van der Waals surface area contributed by atoms with Gasteiger partial charge in [0.25, 0.3) is 0 Å². The van der Waals surface area contributed by atoms with Crippen LogP contribution in [0, 0.1) is 0 Å². The van der Waals surface area contributed by atoms with Crippen molar-refractivity contribution >= 4 is 30.0 Å². The number of nitrogens with one attached hydrogen (secondary N) is 1. The molecule has 3 aromatic rings. The summed E-state index contributed by atoms with van der Waals surface area (Å²) in [4.78, 5) is 5.39. The maximum atomic E-state index is 5.95. The van der Waals surface area contributed by atoms with E-state index in [2.05, 4.69) is 22.9 Å². The number of nitrogens with zero attached hydrogens (tertiary/aromatic N) is 1. The van der Waals surface area contributed by atoms with Gasteiger partial charge in [0, 0.05) is 22.5 Å². The fraction of sp³-hybridized carbons (Fsp3) is 0.0556. The van der Waals surface area contributed by atoms with E-state index < -0.39 is 0 Å². The Morgan fingerprint density at radius 1 is 1.00 bits per heavy atom. The third kappa shape index (κ3) is 4.41. The first-order chi connectivity index (χ1) is 11.2. The van der Waals surface area contributed by atoms with Gasteiger partial charge in [0.15, 0.2) is 0 Å². The van der Waals surface area contributed by atoms with Crippen LogP contribution in [0.2, 0.25) is 5.02 Å². The average Bonchev–Trinajstić information content (AvgIpc) is 2.54. The van der Waals surface area contributed by atoms with Crippen LogP contribution in [0.4, 0.5) is 5.82 Å². The monoisotopic (exact) mass is 342 g/mol. The van der Waals surface area contributed by atoms with E-state index in [1.54, 1.807) is 18.2 Å². The molecule has 0 bridgehead atoms. The van der Waals surface area contributed by atoms with E-state index in [9.17, 15) is 0 Å². The molecule has 3 nitrogen and oxygen atoms in total. The molecule has 0 unspecified atom stereocenters. The Morgan fingerprint density at radius 3 is 2.65 bits per heavy atom. The second-order valence-electron chi connectivity index (χ2n) is 4.90. The van der Waals surface area contributed by atoms with Crippen LogP contribution in [-0.4, -0.2) is 4.98 Å². The molecular weight excluding hydrogens is 328 g/mol. The van der Waals surface area contributed by atoms with Crippen LogP contribution >= 0.6 is 24.2 Å². The molecule has 23 heavy (non-hydrogen) atoms. The minimum absolute atomic E-state index is 0.511. The molecule has 0 radical (unpaired) electrons. The Morgan fingerprint density at radius 2 is 1.83 bits per heavy atom. The fourth-order valence-corrected chi connectivity index (χ4v) is 2.49. The number of hydrogen-bond acceptors (Lipinski definition) is 4. The van der Waals surface area contributed by atoms with Gasteiger partial charge < -0.3 is 10.1 Å². The quantitative estimate of drug-likeness (QED) is 0.607. The number of benzene rings is 2. The summed E-state index contributed by atoms with van der Waals surface area (Å²) in [5, 5.41) is 3.90.